The number of fused-ring (bicyclic) bond motifs is 2. The van der Waals surface area contributed by atoms with Gasteiger partial charge in [-0.15, -0.1) is 6.42 Å². The molecule has 6 heteroatoms. The Morgan fingerprint density at radius 2 is 1.54 bits per heavy atom. The van der Waals surface area contributed by atoms with Crippen molar-refractivity contribution in [1.29, 1.82) is 0 Å². The molecule has 0 bridgehead atoms. The number of ketones is 2. The van der Waals surface area contributed by atoms with Gasteiger partial charge in [0.25, 0.3) is 0 Å². The SMILES string of the molecule is C#CCNCc1cc(O)c2c(c1)C(=O)c1cc(O)cc(O)c1C2=O. The smallest absolute Gasteiger partial charge is 0.201 e. The maximum atomic E-state index is 12.7. The Kier molecular flexibility index (Phi) is 3.72. The molecule has 0 heterocycles. The largest absolute Gasteiger partial charge is 0.508 e. The average Bonchev–Trinajstić information content (AvgIpc) is 2.51. The van der Waals surface area contributed by atoms with Gasteiger partial charge in [0.1, 0.15) is 17.2 Å². The molecule has 0 fully saturated rings. The monoisotopic (exact) mass is 323 g/mol. The zero-order valence-corrected chi connectivity index (χ0v) is 12.5. The molecule has 0 amide bonds. The van der Waals surface area contributed by atoms with E-state index >= 15 is 0 Å². The molecule has 24 heavy (non-hydrogen) atoms. The number of carbonyl (C=O) groups is 2. The minimum Gasteiger partial charge on any atom is -0.508 e. The number of aromatic hydroxyl groups is 3. The molecule has 0 radical (unpaired) electrons. The Hall–Kier alpha value is -3.30. The van der Waals surface area contributed by atoms with Crippen LogP contribution in [0.1, 0.15) is 37.4 Å². The molecule has 0 aromatic heterocycles. The van der Waals surface area contributed by atoms with Crippen molar-refractivity contribution in [2.24, 2.45) is 0 Å². The van der Waals surface area contributed by atoms with Gasteiger partial charge >= 0.3 is 0 Å². The fraction of sp³-hybridized carbons (Fsp3) is 0.111. The van der Waals surface area contributed by atoms with Gasteiger partial charge in [0.15, 0.2) is 5.78 Å². The normalized spacial score (nSPS) is 12.5. The van der Waals surface area contributed by atoms with E-state index in [0.717, 1.165) is 12.1 Å². The number of benzene rings is 2. The standard InChI is InChI=1S/C18H13NO5/c1-2-3-19-8-9-4-11-15(13(21)5-9)18(24)16-12(17(11)23)6-10(20)7-14(16)22/h1,4-7,19-22H,3,8H2. The van der Waals surface area contributed by atoms with Crippen molar-refractivity contribution in [3.05, 3.63) is 52.1 Å². The van der Waals surface area contributed by atoms with Crippen LogP contribution in [0.15, 0.2) is 24.3 Å². The zero-order chi connectivity index (χ0) is 17.4. The van der Waals surface area contributed by atoms with Crippen LogP contribution in [0.25, 0.3) is 0 Å². The van der Waals surface area contributed by atoms with Crippen molar-refractivity contribution in [2.75, 3.05) is 6.54 Å². The van der Waals surface area contributed by atoms with Crippen molar-refractivity contribution < 1.29 is 24.9 Å². The Labute approximate surface area is 137 Å². The third-order valence-corrected chi connectivity index (χ3v) is 3.78. The molecule has 2 aromatic carbocycles. The summed E-state index contributed by atoms with van der Waals surface area (Å²) in [6, 6.07) is 4.96. The lowest BCUT2D eigenvalue weighted by molar-refractivity contribution is 0.0974. The van der Waals surface area contributed by atoms with Crippen LogP contribution in [-0.4, -0.2) is 33.4 Å². The summed E-state index contributed by atoms with van der Waals surface area (Å²) in [6.45, 7) is 0.625. The molecule has 0 unspecified atom stereocenters. The maximum absolute atomic E-state index is 12.7. The number of carbonyl (C=O) groups excluding carboxylic acids is 2. The summed E-state index contributed by atoms with van der Waals surface area (Å²) in [5, 5.41) is 32.6. The van der Waals surface area contributed by atoms with Gasteiger partial charge in [-0.25, -0.2) is 0 Å². The first-order valence-corrected chi connectivity index (χ1v) is 7.09. The molecular weight excluding hydrogens is 310 g/mol. The first-order valence-electron chi connectivity index (χ1n) is 7.09. The number of phenols is 3. The molecule has 2 aromatic rings. The second-order valence-corrected chi connectivity index (χ2v) is 5.39. The molecule has 3 rings (SSSR count). The maximum Gasteiger partial charge on any atom is 0.201 e. The van der Waals surface area contributed by atoms with E-state index in [1.165, 1.54) is 12.1 Å². The second-order valence-electron chi connectivity index (χ2n) is 5.39. The number of rotatable bonds is 3. The minimum atomic E-state index is -0.669. The van der Waals surface area contributed by atoms with Crippen LogP contribution in [0.5, 0.6) is 17.2 Å². The van der Waals surface area contributed by atoms with Gasteiger partial charge in [0, 0.05) is 23.7 Å². The molecule has 0 aliphatic heterocycles. The summed E-state index contributed by atoms with van der Waals surface area (Å²) >= 11 is 0. The van der Waals surface area contributed by atoms with Crippen LogP contribution in [0.4, 0.5) is 0 Å². The van der Waals surface area contributed by atoms with E-state index < -0.39 is 17.3 Å². The molecular formula is C18H13NO5. The summed E-state index contributed by atoms with van der Waals surface area (Å²) in [4.78, 5) is 25.2. The van der Waals surface area contributed by atoms with E-state index in [0.29, 0.717) is 18.7 Å². The quantitative estimate of drug-likeness (QED) is 0.427. The summed E-state index contributed by atoms with van der Waals surface area (Å²) in [7, 11) is 0. The van der Waals surface area contributed by atoms with Crippen LogP contribution in [0.3, 0.4) is 0 Å². The van der Waals surface area contributed by atoms with E-state index in [9.17, 15) is 24.9 Å². The van der Waals surface area contributed by atoms with Gasteiger partial charge < -0.3 is 20.6 Å². The van der Waals surface area contributed by atoms with E-state index in [1.807, 2.05) is 0 Å². The fourth-order valence-corrected chi connectivity index (χ4v) is 2.78. The van der Waals surface area contributed by atoms with Crippen LogP contribution >= 0.6 is 0 Å². The lowest BCUT2D eigenvalue weighted by Crippen LogP contribution is -2.22. The lowest BCUT2D eigenvalue weighted by atomic mass is 9.82. The molecule has 0 spiro atoms. The third-order valence-electron chi connectivity index (χ3n) is 3.78. The Balaban J connectivity index is 2.14. The summed E-state index contributed by atoms with van der Waals surface area (Å²) in [5.74, 6) is 0.00244. The van der Waals surface area contributed by atoms with Crippen molar-refractivity contribution in [1.82, 2.24) is 5.32 Å². The Morgan fingerprint density at radius 3 is 2.21 bits per heavy atom. The van der Waals surface area contributed by atoms with Crippen molar-refractivity contribution in [3.8, 4) is 29.6 Å². The molecule has 0 saturated carbocycles. The molecule has 4 N–H and O–H groups in total. The molecule has 120 valence electrons. The van der Waals surface area contributed by atoms with Crippen LogP contribution in [0, 0.1) is 12.3 Å². The topological polar surface area (TPSA) is 107 Å². The second kappa shape index (κ2) is 5.72. The van der Waals surface area contributed by atoms with Crippen LogP contribution in [0.2, 0.25) is 0 Å². The van der Waals surface area contributed by atoms with Crippen LogP contribution in [-0.2, 0) is 6.54 Å². The number of hydrogen-bond acceptors (Lipinski definition) is 6. The number of phenolic OH excluding ortho intramolecular Hbond substituents is 3. The van der Waals surface area contributed by atoms with Crippen molar-refractivity contribution in [3.63, 3.8) is 0 Å². The fourth-order valence-electron chi connectivity index (χ4n) is 2.78. The highest BCUT2D eigenvalue weighted by molar-refractivity contribution is 6.30. The zero-order valence-electron chi connectivity index (χ0n) is 12.5. The van der Waals surface area contributed by atoms with Gasteiger partial charge in [-0.1, -0.05) is 5.92 Å². The minimum absolute atomic E-state index is 0.0232. The Morgan fingerprint density at radius 1 is 0.917 bits per heavy atom. The molecule has 6 nitrogen and oxygen atoms in total. The van der Waals surface area contributed by atoms with Crippen LogP contribution < -0.4 is 5.32 Å². The average molecular weight is 323 g/mol. The summed E-state index contributed by atoms with van der Waals surface area (Å²) in [5.41, 5.74) is 0.122. The van der Waals surface area contributed by atoms with Crippen molar-refractivity contribution >= 4 is 11.6 Å². The molecule has 1 aliphatic carbocycles. The van der Waals surface area contributed by atoms with Gasteiger partial charge in [-0.2, -0.15) is 0 Å². The molecule has 0 saturated heterocycles. The first kappa shape index (κ1) is 15.6. The highest BCUT2D eigenvalue weighted by Gasteiger charge is 2.35. The predicted molar refractivity (Wildman–Crippen MR) is 85.3 cm³/mol. The van der Waals surface area contributed by atoms with E-state index in [4.69, 9.17) is 6.42 Å². The molecule has 1 aliphatic rings. The van der Waals surface area contributed by atoms with E-state index in [2.05, 4.69) is 11.2 Å². The lowest BCUT2D eigenvalue weighted by Gasteiger charge is -2.20. The number of hydrogen-bond donors (Lipinski definition) is 4. The van der Waals surface area contributed by atoms with E-state index in [1.54, 1.807) is 0 Å². The van der Waals surface area contributed by atoms with Gasteiger partial charge in [-0.3, -0.25) is 9.59 Å². The highest BCUT2D eigenvalue weighted by atomic mass is 16.3. The highest BCUT2D eigenvalue weighted by Crippen LogP contribution is 2.39. The molecule has 0 atom stereocenters. The van der Waals surface area contributed by atoms with Gasteiger partial charge in [-0.05, 0) is 23.8 Å². The predicted octanol–water partition coefficient (Wildman–Crippen LogP) is 1.30. The third kappa shape index (κ3) is 2.37. The first-order chi connectivity index (χ1) is 11.4. The number of terminal acetylenes is 1. The van der Waals surface area contributed by atoms with E-state index in [-0.39, 0.29) is 33.8 Å². The Bertz CT molecular complexity index is 924. The van der Waals surface area contributed by atoms with Gasteiger partial charge in [0.05, 0.1) is 17.7 Å². The van der Waals surface area contributed by atoms with Gasteiger partial charge in [0.2, 0.25) is 5.78 Å². The summed E-state index contributed by atoms with van der Waals surface area (Å²) in [6.07, 6.45) is 5.15. The summed E-state index contributed by atoms with van der Waals surface area (Å²) < 4.78 is 0. The number of nitrogens with one attached hydrogen (secondary N) is 1. The van der Waals surface area contributed by atoms with Crippen molar-refractivity contribution in [2.45, 2.75) is 6.54 Å².